The van der Waals surface area contributed by atoms with Crippen LogP contribution in [0.25, 0.3) is 5.82 Å². The largest absolute Gasteiger partial charge is 0.473 e. The number of alkyl halides is 1. The van der Waals surface area contributed by atoms with Gasteiger partial charge >= 0.3 is 0 Å². The van der Waals surface area contributed by atoms with E-state index in [0.717, 1.165) is 12.8 Å². The molecule has 1 fully saturated rings. The molecule has 22 heavy (non-hydrogen) atoms. The van der Waals surface area contributed by atoms with E-state index in [1.165, 1.54) is 0 Å². The van der Waals surface area contributed by atoms with Crippen LogP contribution in [0, 0.1) is 0 Å². The number of hydrogen-bond acceptors (Lipinski definition) is 5. The number of nitrogens with zero attached hydrogens (tertiary/aromatic N) is 5. The van der Waals surface area contributed by atoms with Crippen LogP contribution in [-0.2, 0) is 4.79 Å². The van der Waals surface area contributed by atoms with Crippen LogP contribution in [0.5, 0.6) is 5.88 Å². The van der Waals surface area contributed by atoms with Gasteiger partial charge in [0.05, 0.1) is 0 Å². The molecule has 0 spiro atoms. The van der Waals surface area contributed by atoms with Crippen LogP contribution in [0.1, 0.15) is 12.8 Å². The van der Waals surface area contributed by atoms with Gasteiger partial charge in [0.25, 0.3) is 0 Å². The van der Waals surface area contributed by atoms with Gasteiger partial charge < -0.3 is 9.64 Å². The highest BCUT2D eigenvalue weighted by Crippen LogP contribution is 2.17. The second kappa shape index (κ2) is 6.74. The number of ether oxygens (including phenoxy) is 1. The molecule has 0 bridgehead atoms. The van der Waals surface area contributed by atoms with E-state index < -0.39 is 0 Å². The summed E-state index contributed by atoms with van der Waals surface area (Å²) in [4.78, 5) is 13.3. The average Bonchev–Trinajstić information content (AvgIpc) is 3.10. The first kappa shape index (κ1) is 14.8. The summed E-state index contributed by atoms with van der Waals surface area (Å²) >= 11 is 5.56. The van der Waals surface area contributed by atoms with Crippen LogP contribution in [0.4, 0.5) is 0 Å². The summed E-state index contributed by atoms with van der Waals surface area (Å²) in [5.41, 5.74) is 0. The fraction of sp³-hybridized carbons (Fsp3) is 0.429. The summed E-state index contributed by atoms with van der Waals surface area (Å²) in [5, 5.41) is 12.2. The Bertz CT molecular complexity index is 609. The molecule has 0 aliphatic carbocycles. The van der Waals surface area contributed by atoms with E-state index in [-0.39, 0.29) is 17.9 Å². The maximum atomic E-state index is 11.5. The summed E-state index contributed by atoms with van der Waals surface area (Å²) in [6.07, 6.45) is 5.07. The lowest BCUT2D eigenvalue weighted by molar-refractivity contribution is -0.130. The second-order valence-corrected chi connectivity index (χ2v) is 5.28. The smallest absolute Gasteiger partial charge is 0.237 e. The van der Waals surface area contributed by atoms with Gasteiger partial charge in [0, 0.05) is 44.4 Å². The van der Waals surface area contributed by atoms with E-state index in [9.17, 15) is 4.79 Å². The van der Waals surface area contributed by atoms with Crippen molar-refractivity contribution in [2.24, 2.45) is 0 Å². The molecule has 2 aromatic rings. The Labute approximate surface area is 132 Å². The van der Waals surface area contributed by atoms with Crippen LogP contribution >= 0.6 is 11.6 Å². The minimum atomic E-state index is -0.0246. The van der Waals surface area contributed by atoms with Crippen molar-refractivity contribution in [3.05, 3.63) is 30.6 Å². The molecule has 1 amide bonds. The van der Waals surface area contributed by atoms with Gasteiger partial charge in [-0.2, -0.15) is 5.10 Å². The second-order valence-electron chi connectivity index (χ2n) is 5.01. The lowest BCUT2D eigenvalue weighted by atomic mass is 10.1. The highest BCUT2D eigenvalue weighted by molar-refractivity contribution is 6.27. The van der Waals surface area contributed by atoms with E-state index in [1.807, 2.05) is 12.1 Å². The number of hydrogen-bond donors (Lipinski definition) is 0. The van der Waals surface area contributed by atoms with Gasteiger partial charge in [0.15, 0.2) is 5.82 Å². The van der Waals surface area contributed by atoms with Crippen molar-refractivity contribution in [2.45, 2.75) is 18.9 Å². The Hall–Kier alpha value is -2.15. The Balaban J connectivity index is 1.55. The van der Waals surface area contributed by atoms with Gasteiger partial charge in [-0.1, -0.05) is 0 Å². The minimum absolute atomic E-state index is 0.0246. The van der Waals surface area contributed by atoms with Crippen LogP contribution in [0.15, 0.2) is 30.6 Å². The van der Waals surface area contributed by atoms with Crippen molar-refractivity contribution in [2.75, 3.05) is 19.0 Å². The van der Waals surface area contributed by atoms with E-state index in [4.69, 9.17) is 16.3 Å². The lowest BCUT2D eigenvalue weighted by Gasteiger charge is -2.31. The van der Waals surface area contributed by atoms with Gasteiger partial charge in [-0.05, 0) is 12.1 Å². The molecule has 7 nitrogen and oxygen atoms in total. The first-order valence-corrected chi connectivity index (χ1v) is 7.64. The van der Waals surface area contributed by atoms with Gasteiger partial charge in [-0.15, -0.1) is 21.8 Å². The van der Waals surface area contributed by atoms with Crippen molar-refractivity contribution in [1.29, 1.82) is 0 Å². The summed E-state index contributed by atoms with van der Waals surface area (Å²) < 4.78 is 7.45. The molecule has 0 atom stereocenters. The van der Waals surface area contributed by atoms with Gasteiger partial charge in [0.2, 0.25) is 11.8 Å². The van der Waals surface area contributed by atoms with E-state index in [1.54, 1.807) is 28.0 Å². The third-order valence-corrected chi connectivity index (χ3v) is 3.79. The molecule has 2 aromatic heterocycles. The fourth-order valence-corrected chi connectivity index (χ4v) is 2.55. The Kier molecular flexibility index (Phi) is 4.53. The van der Waals surface area contributed by atoms with E-state index >= 15 is 0 Å². The summed E-state index contributed by atoms with van der Waals surface area (Å²) in [6.45, 7) is 1.32. The lowest BCUT2D eigenvalue weighted by Crippen LogP contribution is -2.42. The molecular formula is C14H16ClN5O2. The van der Waals surface area contributed by atoms with E-state index in [2.05, 4.69) is 15.3 Å². The molecule has 0 N–H and O–H groups in total. The number of halogens is 1. The number of aromatic nitrogens is 4. The van der Waals surface area contributed by atoms with Crippen molar-refractivity contribution < 1.29 is 9.53 Å². The maximum absolute atomic E-state index is 11.5. The third-order valence-electron chi connectivity index (χ3n) is 3.56. The number of carbonyl (C=O) groups excluding carboxylic acids is 1. The molecule has 8 heteroatoms. The first-order chi connectivity index (χ1) is 10.8. The van der Waals surface area contributed by atoms with Crippen molar-refractivity contribution in [3.8, 4) is 11.7 Å². The monoisotopic (exact) mass is 321 g/mol. The van der Waals surface area contributed by atoms with Crippen LogP contribution in [-0.4, -0.2) is 55.9 Å². The first-order valence-electron chi connectivity index (χ1n) is 7.10. The number of amides is 1. The minimum Gasteiger partial charge on any atom is -0.473 e. The van der Waals surface area contributed by atoms with Crippen LogP contribution in [0.3, 0.4) is 0 Å². The van der Waals surface area contributed by atoms with Gasteiger partial charge in [-0.3, -0.25) is 4.79 Å². The SMILES string of the molecule is O=C(CCl)N1CCC(Oc2ccc(-n3cccn3)nn2)CC1. The number of rotatable bonds is 4. The quantitative estimate of drug-likeness (QED) is 0.793. The molecule has 3 heterocycles. The molecule has 1 aliphatic heterocycles. The summed E-state index contributed by atoms with van der Waals surface area (Å²) in [6, 6.07) is 5.41. The third kappa shape index (κ3) is 3.36. The Morgan fingerprint density at radius 1 is 1.32 bits per heavy atom. The zero-order valence-corrected chi connectivity index (χ0v) is 12.7. The van der Waals surface area contributed by atoms with Crippen LogP contribution < -0.4 is 4.74 Å². The predicted octanol–water partition coefficient (Wildman–Crippen LogP) is 1.27. The number of likely N-dealkylation sites (tertiary alicyclic amines) is 1. The Morgan fingerprint density at radius 3 is 2.73 bits per heavy atom. The Morgan fingerprint density at radius 2 is 2.14 bits per heavy atom. The molecule has 0 saturated carbocycles. The molecule has 3 rings (SSSR count). The maximum Gasteiger partial charge on any atom is 0.237 e. The fourth-order valence-electron chi connectivity index (χ4n) is 2.38. The highest BCUT2D eigenvalue weighted by atomic mass is 35.5. The van der Waals surface area contributed by atoms with E-state index in [0.29, 0.717) is 24.8 Å². The topological polar surface area (TPSA) is 73.1 Å². The molecule has 0 aromatic carbocycles. The van der Waals surface area contributed by atoms with Crippen molar-refractivity contribution >= 4 is 17.5 Å². The zero-order valence-electron chi connectivity index (χ0n) is 11.9. The van der Waals surface area contributed by atoms with Crippen LogP contribution in [0.2, 0.25) is 0 Å². The summed E-state index contributed by atoms with van der Waals surface area (Å²) in [7, 11) is 0. The van der Waals surface area contributed by atoms with Crippen molar-refractivity contribution in [1.82, 2.24) is 24.9 Å². The number of piperidine rings is 1. The standard InChI is InChI=1S/C14H16ClN5O2/c15-10-14(21)19-8-4-11(5-9-19)22-13-3-2-12(17-18-13)20-7-1-6-16-20/h1-3,6-7,11H,4-5,8-10H2. The molecule has 0 unspecified atom stereocenters. The average molecular weight is 322 g/mol. The number of carbonyl (C=O) groups is 1. The van der Waals surface area contributed by atoms with Gasteiger partial charge in [0.1, 0.15) is 12.0 Å². The normalized spacial score (nSPS) is 15.8. The van der Waals surface area contributed by atoms with Crippen molar-refractivity contribution in [3.63, 3.8) is 0 Å². The molecule has 116 valence electrons. The molecule has 0 radical (unpaired) electrons. The van der Waals surface area contributed by atoms with Gasteiger partial charge in [-0.25, -0.2) is 4.68 Å². The molecular weight excluding hydrogens is 306 g/mol. The zero-order chi connectivity index (χ0) is 15.4. The predicted molar refractivity (Wildman–Crippen MR) is 80.1 cm³/mol. The molecule has 1 saturated heterocycles. The summed E-state index contributed by atoms with van der Waals surface area (Å²) in [5.74, 6) is 1.13. The highest BCUT2D eigenvalue weighted by Gasteiger charge is 2.23. The molecule has 1 aliphatic rings.